The van der Waals surface area contributed by atoms with Gasteiger partial charge in [0.2, 0.25) is 0 Å². The standard InChI is InChI=1S/C41H31BrN2O/c1-41(2,3)24-18-19-43-37(20-24)44-35-15-9-8-10-27(35)28-17-16-25(23-36(28)44)45-26-21-33-38-29-11-4-6-13-31(29)39(40(33)34(42)22-26)32-14-7-5-12-30(32)38/h4-23,38-39H,1-3H3. The van der Waals surface area contributed by atoms with Crippen LogP contribution in [-0.4, -0.2) is 9.55 Å². The zero-order valence-electron chi connectivity index (χ0n) is 25.4. The minimum absolute atomic E-state index is 0.0189. The number of ether oxygens (including phenoxy) is 1. The maximum absolute atomic E-state index is 6.72. The molecule has 10 rings (SSSR count). The summed E-state index contributed by atoms with van der Waals surface area (Å²) in [5, 5.41) is 2.38. The number of aromatic nitrogens is 2. The molecule has 7 aromatic rings. The monoisotopic (exact) mass is 646 g/mol. The number of rotatable bonds is 3. The lowest BCUT2D eigenvalue weighted by molar-refractivity contribution is 0.481. The van der Waals surface area contributed by atoms with Crippen molar-refractivity contribution >= 4 is 37.7 Å². The Kier molecular flexibility index (Phi) is 5.74. The normalized spacial score (nSPS) is 16.4. The topological polar surface area (TPSA) is 27.1 Å². The average Bonchev–Trinajstić information content (AvgIpc) is 3.38. The SMILES string of the molecule is CC(C)(C)c1ccnc(-n2c3ccccc3c3ccc(Oc4cc(Br)c5c(c4)C4c6ccccc6C5c5ccccc54)cc32)c1. The number of nitrogens with zero attached hydrogens (tertiary/aromatic N) is 2. The van der Waals surface area contributed by atoms with Crippen LogP contribution >= 0.6 is 15.9 Å². The molecule has 0 aliphatic heterocycles. The Labute approximate surface area is 271 Å². The third kappa shape index (κ3) is 3.98. The minimum atomic E-state index is 0.0189. The molecule has 2 aromatic heterocycles. The summed E-state index contributed by atoms with van der Waals surface area (Å²) >= 11 is 3.99. The number of pyridine rings is 1. The number of hydrogen-bond acceptors (Lipinski definition) is 2. The van der Waals surface area contributed by atoms with Gasteiger partial charge in [-0.25, -0.2) is 4.98 Å². The zero-order valence-corrected chi connectivity index (χ0v) is 27.0. The molecule has 0 spiro atoms. The van der Waals surface area contributed by atoms with Crippen molar-refractivity contribution < 1.29 is 4.74 Å². The second-order valence-corrected chi connectivity index (χ2v) is 14.2. The van der Waals surface area contributed by atoms with E-state index in [-0.39, 0.29) is 17.3 Å². The number of halogens is 1. The van der Waals surface area contributed by atoms with Gasteiger partial charge in [-0.1, -0.05) is 103 Å². The summed E-state index contributed by atoms with van der Waals surface area (Å²) in [6, 6.07) is 41.5. The first-order valence-corrected chi connectivity index (χ1v) is 16.3. The third-order valence-corrected chi connectivity index (χ3v) is 10.3. The van der Waals surface area contributed by atoms with Crippen LogP contribution in [0.3, 0.4) is 0 Å². The van der Waals surface area contributed by atoms with E-state index in [1.165, 1.54) is 49.7 Å². The molecule has 3 aliphatic carbocycles. The lowest BCUT2D eigenvalue weighted by Gasteiger charge is -2.42. The average molecular weight is 648 g/mol. The van der Waals surface area contributed by atoms with Gasteiger partial charge in [0, 0.05) is 39.3 Å². The smallest absolute Gasteiger partial charge is 0.137 e. The molecule has 0 amide bonds. The molecule has 0 unspecified atom stereocenters. The Morgan fingerprint density at radius 2 is 1.27 bits per heavy atom. The summed E-state index contributed by atoms with van der Waals surface area (Å²) in [5.41, 5.74) is 11.8. The van der Waals surface area contributed by atoms with E-state index in [9.17, 15) is 0 Å². The van der Waals surface area contributed by atoms with E-state index < -0.39 is 0 Å². The van der Waals surface area contributed by atoms with Crippen molar-refractivity contribution in [2.45, 2.75) is 38.0 Å². The fraction of sp³-hybridized carbons (Fsp3) is 0.146. The molecular weight excluding hydrogens is 616 g/mol. The first-order chi connectivity index (χ1) is 21.9. The van der Waals surface area contributed by atoms with Crippen LogP contribution in [0.1, 0.15) is 71.6 Å². The molecule has 0 radical (unpaired) electrons. The summed E-state index contributed by atoms with van der Waals surface area (Å²) in [7, 11) is 0. The molecule has 5 aromatic carbocycles. The van der Waals surface area contributed by atoms with Crippen molar-refractivity contribution in [1.29, 1.82) is 0 Å². The van der Waals surface area contributed by atoms with Gasteiger partial charge in [0.05, 0.1) is 11.0 Å². The highest BCUT2D eigenvalue weighted by molar-refractivity contribution is 9.10. The lowest BCUT2D eigenvalue weighted by Crippen LogP contribution is -2.27. The Hall–Kier alpha value is -4.67. The molecule has 2 bridgehead atoms. The third-order valence-electron chi connectivity index (χ3n) is 9.69. The summed E-state index contributed by atoms with van der Waals surface area (Å²) < 4.78 is 10.1. The van der Waals surface area contributed by atoms with E-state index in [4.69, 9.17) is 9.72 Å². The Morgan fingerprint density at radius 3 is 1.98 bits per heavy atom. The van der Waals surface area contributed by atoms with Crippen molar-refractivity contribution in [1.82, 2.24) is 9.55 Å². The largest absolute Gasteiger partial charge is 0.457 e. The Morgan fingerprint density at radius 1 is 0.622 bits per heavy atom. The molecule has 3 nitrogen and oxygen atoms in total. The maximum atomic E-state index is 6.72. The Balaban J connectivity index is 1.18. The van der Waals surface area contributed by atoms with E-state index in [0.717, 1.165) is 32.8 Å². The fourth-order valence-corrected chi connectivity index (χ4v) is 8.36. The van der Waals surface area contributed by atoms with E-state index in [2.05, 4.69) is 157 Å². The highest BCUT2D eigenvalue weighted by atomic mass is 79.9. The van der Waals surface area contributed by atoms with E-state index in [0.29, 0.717) is 0 Å². The number of para-hydroxylation sites is 1. The van der Waals surface area contributed by atoms with Gasteiger partial charge in [-0.05, 0) is 86.8 Å². The van der Waals surface area contributed by atoms with Crippen molar-refractivity contribution in [2.24, 2.45) is 0 Å². The van der Waals surface area contributed by atoms with E-state index in [1.807, 2.05) is 6.20 Å². The van der Waals surface area contributed by atoms with Gasteiger partial charge in [0.1, 0.15) is 17.3 Å². The quantitative estimate of drug-likeness (QED) is 0.191. The highest BCUT2D eigenvalue weighted by Gasteiger charge is 2.42. The van der Waals surface area contributed by atoms with Crippen LogP contribution in [0.25, 0.3) is 27.6 Å². The summed E-state index contributed by atoms with van der Waals surface area (Å²) in [6.45, 7) is 6.72. The van der Waals surface area contributed by atoms with Crippen LogP contribution in [0.5, 0.6) is 11.5 Å². The van der Waals surface area contributed by atoms with Crippen LogP contribution in [0.4, 0.5) is 0 Å². The second kappa shape index (κ2) is 9.66. The van der Waals surface area contributed by atoms with Crippen LogP contribution in [0.2, 0.25) is 0 Å². The second-order valence-electron chi connectivity index (χ2n) is 13.3. The van der Waals surface area contributed by atoms with E-state index in [1.54, 1.807) is 0 Å². The molecule has 3 aliphatic rings. The van der Waals surface area contributed by atoms with Gasteiger partial charge < -0.3 is 4.74 Å². The van der Waals surface area contributed by atoms with Crippen molar-refractivity contribution in [3.8, 4) is 17.3 Å². The predicted octanol–water partition coefficient (Wildman–Crippen LogP) is 11.0. The number of benzene rings is 5. The molecule has 4 heteroatoms. The maximum Gasteiger partial charge on any atom is 0.137 e. The number of fused-ring (bicyclic) bond motifs is 3. The van der Waals surface area contributed by atoms with Crippen molar-refractivity contribution in [3.05, 3.63) is 165 Å². The molecule has 45 heavy (non-hydrogen) atoms. The molecular formula is C41H31BrN2O. The van der Waals surface area contributed by atoms with E-state index >= 15 is 0 Å². The fourth-order valence-electron chi connectivity index (χ4n) is 7.67. The molecule has 0 saturated carbocycles. The van der Waals surface area contributed by atoms with Gasteiger partial charge in [0.25, 0.3) is 0 Å². The van der Waals surface area contributed by atoms with Crippen LogP contribution in [-0.2, 0) is 5.41 Å². The predicted molar refractivity (Wildman–Crippen MR) is 186 cm³/mol. The van der Waals surface area contributed by atoms with Gasteiger partial charge in [-0.3, -0.25) is 4.57 Å². The summed E-state index contributed by atoms with van der Waals surface area (Å²) in [4.78, 5) is 4.84. The Bertz CT molecular complexity index is 2280. The molecule has 0 saturated heterocycles. The summed E-state index contributed by atoms with van der Waals surface area (Å²) in [5.74, 6) is 2.94. The van der Waals surface area contributed by atoms with Gasteiger partial charge in [0.15, 0.2) is 0 Å². The molecule has 0 fully saturated rings. The van der Waals surface area contributed by atoms with Crippen LogP contribution < -0.4 is 4.74 Å². The first kappa shape index (κ1) is 26.7. The molecule has 218 valence electrons. The van der Waals surface area contributed by atoms with Gasteiger partial charge in [-0.15, -0.1) is 0 Å². The summed E-state index contributed by atoms with van der Waals surface area (Å²) in [6.07, 6.45) is 1.92. The van der Waals surface area contributed by atoms with Crippen LogP contribution in [0.15, 0.2) is 126 Å². The van der Waals surface area contributed by atoms with Crippen molar-refractivity contribution in [2.75, 3.05) is 0 Å². The molecule has 0 atom stereocenters. The molecule has 2 heterocycles. The zero-order chi connectivity index (χ0) is 30.4. The van der Waals surface area contributed by atoms with Gasteiger partial charge >= 0.3 is 0 Å². The lowest BCUT2D eigenvalue weighted by atomic mass is 9.61. The first-order valence-electron chi connectivity index (χ1n) is 15.6. The highest BCUT2D eigenvalue weighted by Crippen LogP contribution is 2.58. The van der Waals surface area contributed by atoms with Gasteiger partial charge in [-0.2, -0.15) is 0 Å². The van der Waals surface area contributed by atoms with Crippen molar-refractivity contribution in [3.63, 3.8) is 0 Å². The minimum Gasteiger partial charge on any atom is -0.457 e. The van der Waals surface area contributed by atoms with Crippen LogP contribution in [0, 0.1) is 0 Å². The molecule has 0 N–H and O–H groups in total. The number of hydrogen-bond donors (Lipinski definition) is 0.